The molecule has 0 saturated carbocycles. The number of Topliss-reactive ketones (excluding diaryl/α,β-unsaturated/α-hetero) is 1. The van der Waals surface area contributed by atoms with E-state index in [2.05, 4.69) is 33.8 Å². The molecule has 0 aliphatic rings. The van der Waals surface area contributed by atoms with Crippen LogP contribution in [0, 0.1) is 20.8 Å². The van der Waals surface area contributed by atoms with E-state index in [1.165, 1.54) is 22.3 Å². The third kappa shape index (κ3) is 3.12. The average Bonchev–Trinajstić information content (AvgIpc) is 2.31. The van der Waals surface area contributed by atoms with Crippen molar-refractivity contribution >= 4 is 5.78 Å². The highest BCUT2D eigenvalue weighted by molar-refractivity contribution is 5.75. The molecule has 0 aliphatic heterocycles. The third-order valence-corrected chi connectivity index (χ3v) is 3.75. The van der Waals surface area contributed by atoms with Gasteiger partial charge in [-0.25, -0.2) is 0 Å². The first-order chi connectivity index (χ1) is 8.38. The lowest BCUT2D eigenvalue weighted by Crippen LogP contribution is -2.05. The highest BCUT2D eigenvalue weighted by Gasteiger charge is 2.16. The van der Waals surface area contributed by atoms with Crippen LogP contribution < -0.4 is 4.74 Å². The van der Waals surface area contributed by atoms with E-state index in [1.54, 1.807) is 14.0 Å². The molecular formula is C16H24O2. The van der Waals surface area contributed by atoms with E-state index < -0.39 is 0 Å². The minimum Gasteiger partial charge on any atom is -0.496 e. The number of hydrogen-bond donors (Lipinski definition) is 0. The van der Waals surface area contributed by atoms with Crippen LogP contribution in [0.1, 0.15) is 54.9 Å². The topological polar surface area (TPSA) is 26.3 Å². The maximum Gasteiger partial charge on any atom is 0.129 e. The third-order valence-electron chi connectivity index (χ3n) is 3.75. The molecule has 0 aromatic heterocycles. The lowest BCUT2D eigenvalue weighted by atomic mass is 9.86. The first kappa shape index (κ1) is 14.7. The molecule has 0 heterocycles. The van der Waals surface area contributed by atoms with Crippen LogP contribution in [0.5, 0.6) is 5.75 Å². The highest BCUT2D eigenvalue weighted by Crippen LogP contribution is 2.33. The molecule has 0 radical (unpaired) electrons. The molecule has 1 aromatic carbocycles. The molecule has 1 aromatic rings. The molecule has 100 valence electrons. The van der Waals surface area contributed by atoms with E-state index in [0.717, 1.165) is 12.2 Å². The Morgan fingerprint density at radius 1 is 1.28 bits per heavy atom. The normalized spacial score (nSPS) is 12.3. The second-order valence-electron chi connectivity index (χ2n) is 5.20. The van der Waals surface area contributed by atoms with Crippen LogP contribution >= 0.6 is 0 Å². The quantitative estimate of drug-likeness (QED) is 0.784. The Labute approximate surface area is 110 Å². The SMILES string of the molecule is COc1cc(C)c(C(C)CCC(C)=O)c(C)c1C. The van der Waals surface area contributed by atoms with Crippen molar-refractivity contribution in [1.29, 1.82) is 0 Å². The fraction of sp³-hybridized carbons (Fsp3) is 0.562. The van der Waals surface area contributed by atoms with E-state index in [-0.39, 0.29) is 5.78 Å². The zero-order valence-electron chi connectivity index (χ0n) is 12.4. The second-order valence-corrected chi connectivity index (χ2v) is 5.20. The molecule has 0 N–H and O–H groups in total. The summed E-state index contributed by atoms with van der Waals surface area (Å²) < 4.78 is 5.39. The van der Waals surface area contributed by atoms with Crippen LogP contribution in [0.3, 0.4) is 0 Å². The summed E-state index contributed by atoms with van der Waals surface area (Å²) in [6.45, 7) is 10.2. The van der Waals surface area contributed by atoms with Gasteiger partial charge in [0.05, 0.1) is 7.11 Å². The molecule has 0 spiro atoms. The van der Waals surface area contributed by atoms with Crippen molar-refractivity contribution in [1.82, 2.24) is 0 Å². The minimum atomic E-state index is 0.266. The van der Waals surface area contributed by atoms with Crippen LogP contribution in [0.15, 0.2) is 6.07 Å². The van der Waals surface area contributed by atoms with Crippen molar-refractivity contribution < 1.29 is 9.53 Å². The van der Waals surface area contributed by atoms with Gasteiger partial charge >= 0.3 is 0 Å². The summed E-state index contributed by atoms with van der Waals surface area (Å²) in [7, 11) is 1.71. The molecule has 2 nitrogen and oxygen atoms in total. The first-order valence-electron chi connectivity index (χ1n) is 6.52. The minimum absolute atomic E-state index is 0.266. The number of ketones is 1. The molecule has 0 saturated heterocycles. The van der Waals surface area contributed by atoms with Crippen molar-refractivity contribution in [2.45, 2.75) is 53.4 Å². The van der Waals surface area contributed by atoms with E-state index in [1.807, 2.05) is 0 Å². The number of rotatable bonds is 5. The predicted octanol–water partition coefficient (Wildman–Crippen LogP) is 4.09. The Kier molecular flexibility index (Phi) is 4.94. The average molecular weight is 248 g/mol. The standard InChI is InChI=1S/C16H24O2/c1-10(7-8-12(3)17)16-11(2)9-15(18-6)13(4)14(16)5/h9-10H,7-8H2,1-6H3. The predicted molar refractivity (Wildman–Crippen MR) is 75.5 cm³/mol. The largest absolute Gasteiger partial charge is 0.496 e. The van der Waals surface area contributed by atoms with Gasteiger partial charge in [0.2, 0.25) is 0 Å². The summed E-state index contributed by atoms with van der Waals surface area (Å²) in [5.74, 6) is 1.63. The molecule has 0 fully saturated rings. The second kappa shape index (κ2) is 6.03. The number of methoxy groups -OCH3 is 1. The molecule has 0 amide bonds. The zero-order valence-corrected chi connectivity index (χ0v) is 12.4. The lowest BCUT2D eigenvalue weighted by Gasteiger charge is -2.20. The number of aryl methyl sites for hydroxylation is 1. The Balaban J connectivity index is 3.09. The molecule has 18 heavy (non-hydrogen) atoms. The van der Waals surface area contributed by atoms with Gasteiger partial charge in [-0.3, -0.25) is 0 Å². The van der Waals surface area contributed by atoms with Crippen molar-refractivity contribution in [2.75, 3.05) is 7.11 Å². The first-order valence-corrected chi connectivity index (χ1v) is 6.52. The smallest absolute Gasteiger partial charge is 0.129 e. The number of ether oxygens (including phenoxy) is 1. The van der Waals surface area contributed by atoms with Crippen molar-refractivity contribution in [3.05, 3.63) is 28.3 Å². The van der Waals surface area contributed by atoms with Crippen LogP contribution in [0.25, 0.3) is 0 Å². The number of carbonyl (C=O) groups excluding carboxylic acids is 1. The van der Waals surface area contributed by atoms with Crippen LogP contribution in [-0.2, 0) is 4.79 Å². The summed E-state index contributed by atoms with van der Waals surface area (Å²) in [6.07, 6.45) is 1.58. The van der Waals surface area contributed by atoms with E-state index in [9.17, 15) is 4.79 Å². The van der Waals surface area contributed by atoms with Gasteiger partial charge in [0, 0.05) is 6.42 Å². The fourth-order valence-electron chi connectivity index (χ4n) is 2.60. The van der Waals surface area contributed by atoms with Gasteiger partial charge < -0.3 is 9.53 Å². The van der Waals surface area contributed by atoms with Crippen molar-refractivity contribution in [3.63, 3.8) is 0 Å². The molecule has 1 atom stereocenters. The highest BCUT2D eigenvalue weighted by atomic mass is 16.5. The van der Waals surface area contributed by atoms with E-state index in [4.69, 9.17) is 4.74 Å². The summed E-state index contributed by atoms with van der Waals surface area (Å²) in [6, 6.07) is 2.10. The number of hydrogen-bond acceptors (Lipinski definition) is 2. The van der Waals surface area contributed by atoms with Crippen LogP contribution in [-0.4, -0.2) is 12.9 Å². The Bertz CT molecular complexity index is 447. The van der Waals surface area contributed by atoms with Gasteiger partial charge in [-0.1, -0.05) is 6.92 Å². The molecule has 1 rings (SSSR count). The van der Waals surface area contributed by atoms with Gasteiger partial charge in [-0.15, -0.1) is 0 Å². The summed E-state index contributed by atoms with van der Waals surface area (Å²) >= 11 is 0. The van der Waals surface area contributed by atoms with Gasteiger partial charge in [0.1, 0.15) is 11.5 Å². The molecule has 0 aliphatic carbocycles. The van der Waals surface area contributed by atoms with Crippen LogP contribution in [0.2, 0.25) is 0 Å². The fourth-order valence-corrected chi connectivity index (χ4v) is 2.60. The van der Waals surface area contributed by atoms with Crippen molar-refractivity contribution in [2.24, 2.45) is 0 Å². The van der Waals surface area contributed by atoms with E-state index in [0.29, 0.717) is 12.3 Å². The van der Waals surface area contributed by atoms with E-state index >= 15 is 0 Å². The van der Waals surface area contributed by atoms with Gasteiger partial charge in [-0.05, 0) is 68.4 Å². The number of benzene rings is 1. The zero-order chi connectivity index (χ0) is 13.9. The Hall–Kier alpha value is -1.31. The molecule has 1 unspecified atom stereocenters. The van der Waals surface area contributed by atoms with Crippen molar-refractivity contribution in [3.8, 4) is 5.75 Å². The van der Waals surface area contributed by atoms with Crippen LogP contribution in [0.4, 0.5) is 0 Å². The molecular weight excluding hydrogens is 224 g/mol. The summed E-state index contributed by atoms with van der Waals surface area (Å²) in [4.78, 5) is 11.1. The molecule has 2 heteroatoms. The maximum atomic E-state index is 11.1. The molecule has 0 bridgehead atoms. The Morgan fingerprint density at radius 3 is 2.39 bits per heavy atom. The van der Waals surface area contributed by atoms with Gasteiger partial charge in [-0.2, -0.15) is 0 Å². The Morgan fingerprint density at radius 2 is 1.89 bits per heavy atom. The van der Waals surface area contributed by atoms with Gasteiger partial charge in [0.15, 0.2) is 0 Å². The summed E-state index contributed by atoms with van der Waals surface area (Å²) in [5, 5.41) is 0. The summed E-state index contributed by atoms with van der Waals surface area (Å²) in [5.41, 5.74) is 5.12. The lowest BCUT2D eigenvalue weighted by molar-refractivity contribution is -0.117. The monoisotopic (exact) mass is 248 g/mol. The van der Waals surface area contributed by atoms with Gasteiger partial charge in [0.25, 0.3) is 0 Å². The number of carbonyl (C=O) groups is 1. The maximum absolute atomic E-state index is 11.1.